The molecular formula is C53H80N3O6PS. The van der Waals surface area contributed by atoms with Crippen molar-refractivity contribution < 1.29 is 28.0 Å². The van der Waals surface area contributed by atoms with Crippen LogP contribution in [0.5, 0.6) is 11.5 Å². The molecule has 0 aromatic heterocycles. The van der Waals surface area contributed by atoms with Crippen LogP contribution in [0, 0.1) is 12.5 Å². The van der Waals surface area contributed by atoms with Crippen LogP contribution in [0.15, 0.2) is 78.9 Å². The third-order valence-electron chi connectivity index (χ3n) is 12.4. The number of rotatable bonds is 32. The van der Waals surface area contributed by atoms with Crippen molar-refractivity contribution in [3.8, 4) is 11.5 Å². The number of thiocarbonyl (C=S) groups is 1. The lowest BCUT2D eigenvalue weighted by Gasteiger charge is -2.40. The molecule has 3 aromatic rings. The fourth-order valence-electron chi connectivity index (χ4n) is 9.12. The summed E-state index contributed by atoms with van der Waals surface area (Å²) in [7, 11) is 3.57. The van der Waals surface area contributed by atoms with E-state index in [4.69, 9.17) is 46.8 Å². The Morgan fingerprint density at radius 3 is 1.70 bits per heavy atom. The zero-order valence-corrected chi connectivity index (χ0v) is 42.1. The number of hydrogen-bond donors (Lipinski definition) is 1. The van der Waals surface area contributed by atoms with Gasteiger partial charge in [-0.25, -0.2) is 11.2 Å². The topological polar surface area (TPSA) is 75.0 Å². The Labute approximate surface area is 394 Å². The molecule has 0 amide bonds. The summed E-state index contributed by atoms with van der Waals surface area (Å²) in [5.74, 6) is 1.42. The van der Waals surface area contributed by atoms with Gasteiger partial charge in [0.2, 0.25) is 6.54 Å². The summed E-state index contributed by atoms with van der Waals surface area (Å²) >= 11 is 6.06. The van der Waals surface area contributed by atoms with Crippen molar-refractivity contribution in [3.05, 3.63) is 107 Å². The molecule has 0 saturated heterocycles. The predicted octanol–water partition coefficient (Wildman–Crippen LogP) is 13.5. The molecule has 1 saturated carbocycles. The summed E-state index contributed by atoms with van der Waals surface area (Å²) in [5.41, 5.74) is 1.93. The van der Waals surface area contributed by atoms with Crippen molar-refractivity contribution >= 4 is 25.7 Å². The van der Waals surface area contributed by atoms with E-state index in [1.54, 1.807) is 21.3 Å². The summed E-state index contributed by atoms with van der Waals surface area (Å²) in [6.45, 7) is 19.3. The van der Waals surface area contributed by atoms with Crippen LogP contribution in [-0.2, 0) is 24.1 Å². The molecule has 1 aliphatic rings. The molecule has 2 unspecified atom stereocenters. The number of nitrogens with zero attached hydrogens (tertiary/aromatic N) is 2. The summed E-state index contributed by atoms with van der Waals surface area (Å²) in [4.78, 5) is 4.45. The largest absolute Gasteiger partial charge is 0.497 e. The third-order valence-corrected chi connectivity index (χ3v) is 14.9. The minimum Gasteiger partial charge on any atom is -0.497 e. The molecule has 64 heavy (non-hydrogen) atoms. The minimum absolute atomic E-state index is 0.0992. The van der Waals surface area contributed by atoms with Crippen molar-refractivity contribution in [2.24, 2.45) is 5.92 Å². The lowest BCUT2D eigenvalue weighted by molar-refractivity contribution is -0.0525. The Hall–Kier alpha value is -3.13. The van der Waals surface area contributed by atoms with Crippen molar-refractivity contribution in [1.29, 1.82) is 0 Å². The minimum atomic E-state index is -1.56. The number of ether oxygens (including phenoxy) is 4. The van der Waals surface area contributed by atoms with E-state index in [1.165, 1.54) is 77.0 Å². The first kappa shape index (κ1) is 53.5. The normalized spacial score (nSPS) is 18.1. The Morgan fingerprint density at radius 1 is 0.734 bits per heavy atom. The van der Waals surface area contributed by atoms with Gasteiger partial charge in [0.1, 0.15) is 29.8 Å². The molecule has 4 rings (SSSR count). The zero-order valence-electron chi connectivity index (χ0n) is 40.4. The van der Waals surface area contributed by atoms with Gasteiger partial charge in [-0.05, 0) is 87.9 Å². The molecule has 0 spiro atoms. The zero-order chi connectivity index (χ0) is 46.2. The standard InChI is InChI=1S/C53H80N3O6PS/c1-10-11-12-13-14-15-16-17-18-19-20-21-25-28-50(64)55-49-39-43(51(52(49)59-9)62-63(61-38-37-54-6)56(41(2)3)42(4)5)40-60-53(44-26-23-22-24-27-44,45-29-33-47(57-7)34-30-45)46-31-35-48(58-8)36-32-46/h22-24,26-27,29-36,41-43,49,51-52H,10-21,25,28,37-40H2,1-5,7-9H3,(H,55,64)/t43-,49+,51?,52-,63?/m1/s1. The van der Waals surface area contributed by atoms with Gasteiger partial charge in [-0.15, -0.1) is 0 Å². The molecule has 1 fully saturated rings. The Bertz CT molecular complexity index is 1700. The van der Waals surface area contributed by atoms with Crippen LogP contribution in [0.2, 0.25) is 0 Å². The third kappa shape index (κ3) is 16.0. The van der Waals surface area contributed by atoms with Crippen molar-refractivity contribution in [3.63, 3.8) is 0 Å². The average Bonchev–Trinajstić information content (AvgIpc) is 3.63. The fraction of sp³-hybridized carbons (Fsp3) is 0.623. The van der Waals surface area contributed by atoms with Gasteiger partial charge < -0.3 is 38.2 Å². The van der Waals surface area contributed by atoms with Gasteiger partial charge in [0, 0.05) is 25.1 Å². The number of methoxy groups -OCH3 is 3. The highest BCUT2D eigenvalue weighted by Gasteiger charge is 2.49. The van der Waals surface area contributed by atoms with E-state index in [-0.39, 0.29) is 43.3 Å². The molecule has 0 radical (unpaired) electrons. The fourth-order valence-corrected chi connectivity index (χ4v) is 11.2. The van der Waals surface area contributed by atoms with E-state index in [0.717, 1.165) is 46.0 Å². The molecule has 5 atom stereocenters. The second-order valence-electron chi connectivity index (χ2n) is 17.8. The summed E-state index contributed by atoms with van der Waals surface area (Å²) in [6, 6.07) is 26.9. The molecule has 11 heteroatoms. The van der Waals surface area contributed by atoms with E-state index in [2.05, 4.69) is 98.0 Å². The number of benzene rings is 3. The van der Waals surface area contributed by atoms with E-state index < -0.39 is 20.2 Å². The Balaban J connectivity index is 1.59. The van der Waals surface area contributed by atoms with Gasteiger partial charge in [0.15, 0.2) is 0 Å². The molecule has 1 N–H and O–H groups in total. The maximum atomic E-state index is 7.52. The van der Waals surface area contributed by atoms with Crippen LogP contribution < -0.4 is 14.8 Å². The van der Waals surface area contributed by atoms with Gasteiger partial charge in [0.25, 0.3) is 8.53 Å². The van der Waals surface area contributed by atoms with Gasteiger partial charge in [0.05, 0.1) is 38.0 Å². The highest BCUT2D eigenvalue weighted by Crippen LogP contribution is 2.51. The number of unbranched alkanes of at least 4 members (excludes halogenated alkanes) is 12. The smallest absolute Gasteiger partial charge is 0.259 e. The maximum Gasteiger partial charge on any atom is 0.259 e. The summed E-state index contributed by atoms with van der Waals surface area (Å²) in [5, 5.41) is 3.76. The SMILES string of the molecule is [C-]#[N+]CCOP(OC1[C@@H](COC(c2ccccc2)(c2ccc(OC)cc2)c2ccc(OC)cc2)C[C@H](NC(=S)CCCCCCCCCCCCCCC)[C@H]1OC)N(C(C)C)C(C)C. The highest BCUT2D eigenvalue weighted by molar-refractivity contribution is 7.80. The number of nitrogens with one attached hydrogen (secondary N) is 1. The predicted molar refractivity (Wildman–Crippen MR) is 268 cm³/mol. The van der Waals surface area contributed by atoms with E-state index in [1.807, 2.05) is 30.3 Å². The molecule has 0 aliphatic heterocycles. The lowest BCUT2D eigenvalue weighted by atomic mass is 9.79. The van der Waals surface area contributed by atoms with Gasteiger partial charge in [-0.1, -0.05) is 151 Å². The first-order chi connectivity index (χ1) is 31.1. The van der Waals surface area contributed by atoms with Crippen LogP contribution in [0.25, 0.3) is 4.85 Å². The van der Waals surface area contributed by atoms with Gasteiger partial charge >= 0.3 is 0 Å². The van der Waals surface area contributed by atoms with Crippen LogP contribution in [0.4, 0.5) is 0 Å². The first-order valence-electron chi connectivity index (χ1n) is 24.1. The van der Waals surface area contributed by atoms with E-state index in [9.17, 15) is 0 Å². The Kier molecular flexibility index (Phi) is 24.7. The summed E-state index contributed by atoms with van der Waals surface area (Å²) < 4.78 is 41.2. The first-order valence-corrected chi connectivity index (χ1v) is 25.7. The molecule has 3 aromatic carbocycles. The highest BCUT2D eigenvalue weighted by atomic mass is 32.1. The Morgan fingerprint density at radius 2 is 1.23 bits per heavy atom. The second kappa shape index (κ2) is 29.5. The van der Waals surface area contributed by atoms with Crippen LogP contribution in [0.1, 0.15) is 148 Å². The molecule has 0 bridgehead atoms. The van der Waals surface area contributed by atoms with Crippen molar-refractivity contribution in [1.82, 2.24) is 9.99 Å². The van der Waals surface area contributed by atoms with Crippen molar-refractivity contribution in [2.75, 3.05) is 41.1 Å². The molecule has 1 aliphatic carbocycles. The van der Waals surface area contributed by atoms with Crippen molar-refractivity contribution in [2.45, 2.75) is 167 Å². The second-order valence-corrected chi connectivity index (χ2v) is 19.7. The monoisotopic (exact) mass is 918 g/mol. The quantitative estimate of drug-likeness (QED) is 0.0217. The molecule has 0 heterocycles. The molecule has 9 nitrogen and oxygen atoms in total. The van der Waals surface area contributed by atoms with E-state index in [0.29, 0.717) is 13.0 Å². The molecular weight excluding hydrogens is 838 g/mol. The lowest BCUT2D eigenvalue weighted by Crippen LogP contribution is -2.45. The summed E-state index contributed by atoms with van der Waals surface area (Å²) in [6.07, 6.45) is 18.0. The van der Waals surface area contributed by atoms with E-state index >= 15 is 0 Å². The van der Waals surface area contributed by atoms with Gasteiger partial charge in [-0.2, -0.15) is 0 Å². The van der Waals surface area contributed by atoms with Crippen LogP contribution in [0.3, 0.4) is 0 Å². The number of hydrogen-bond acceptors (Lipinski definition) is 8. The molecule has 354 valence electrons. The average molecular weight is 918 g/mol. The van der Waals surface area contributed by atoms with Crippen LogP contribution in [-0.4, -0.2) is 81.1 Å². The van der Waals surface area contributed by atoms with Gasteiger partial charge in [-0.3, -0.25) is 0 Å². The van der Waals surface area contributed by atoms with Crippen LogP contribution >= 0.6 is 20.7 Å². The maximum absolute atomic E-state index is 7.52.